The summed E-state index contributed by atoms with van der Waals surface area (Å²) in [5, 5.41) is 318. The third-order valence-corrected chi connectivity index (χ3v) is 29.9. The van der Waals surface area contributed by atoms with Crippen molar-refractivity contribution >= 4 is 87.3 Å². The zero-order valence-corrected chi connectivity index (χ0v) is 81.7. The van der Waals surface area contributed by atoms with Gasteiger partial charge in [0.25, 0.3) is 0 Å². The van der Waals surface area contributed by atoms with E-state index in [0.29, 0.717) is 0 Å². The van der Waals surface area contributed by atoms with Crippen LogP contribution in [-0.4, -0.2) is 600 Å². The molecule has 45 atom stereocenters. The predicted octanol–water partition coefficient (Wildman–Crippen LogP) is -17.0. The number of hydrogen-bond donors (Lipinski definition) is 34. The highest BCUT2D eigenvalue weighted by molar-refractivity contribution is 8.00. The zero-order chi connectivity index (χ0) is 102. The molecule has 59 heteroatoms. The fraction of sp³-hybridized carbons (Fsp3) is 0.963. The van der Waals surface area contributed by atoms with Crippen LogP contribution in [0, 0.1) is 11.8 Å². The van der Waals surface area contributed by atoms with Crippen molar-refractivity contribution in [2.75, 3.05) is 170 Å². The van der Waals surface area contributed by atoms with E-state index in [1.54, 1.807) is 13.8 Å². The number of rotatable bonds is 52. The topological polar surface area (TPSA) is 808 Å². The summed E-state index contributed by atoms with van der Waals surface area (Å²) in [6.45, 7) is -1.86. The second-order valence-corrected chi connectivity index (χ2v) is 40.0. The third kappa shape index (κ3) is 32.4. The standard InChI is InChI=1S/C80H145N7O46S6/c1-32-34(121-70(55(107)43(32)95)130-64-39(25-91)125-68(116-3)59(111)51(64)103)20-84-77(134)81-8-11-87(12-9-82-78(135)85-21-35-33(2)44(96)56(108)71(122-35)131-65-40(26-92)126-69(117-4)60(112)52(65)104)13-10-83-79(136)86-80(29-118-14-5-17-137-74-61(113)50(102)47(99)38(24-90)127-74,30-119-15-6-18-138-75-62(114)53(105)66(41(27-93)128-75)132-72-57(109)48(100)45(97)36(22-88)123-72)31-120-16-7-19-139-76-63(115)54(106)67(42(28-94)129-76)133-73-58(110)49(101)46(98)37(23-89)124-73/h32-76,88-115H,5-31H2,1-4H3,(H2,81,84,134)(H2,82,85,135)(H2,83,86,136)/t32?,33?,34?,35?,36?,37?,38?,39?,40?,41?,42?,43-,44-,45-,46-,47+,48-,49-,50-,51+,52+,53+,54+,55?,56?,57?,58?,59?,60?,61?,62?,63?,64?,65?,66+,67+,68-,69-,70+,71+,72-,73-,74+,75-,76-,80?/m0/s1. The van der Waals surface area contributed by atoms with Gasteiger partial charge in [-0.15, -0.1) is 35.3 Å². The smallest absolute Gasteiger partial charge is 0.187 e. The molecule has 9 aliphatic heterocycles. The largest absolute Gasteiger partial charge is 0.394 e. The van der Waals surface area contributed by atoms with E-state index in [-0.39, 0.29) is 144 Å². The Balaban J connectivity index is 0.897. The number of thioether (sulfide) groups is 3. The molecule has 0 aromatic heterocycles. The SMILES string of the molecule is CO[C@H]1OC(CO)C(O[C@H]2OC(CNC(=S)NCCN(CCNC(=S)NCC3O[C@H](OC4C(CO)O[C@H](OC)C(O)[C@H]4O)C(O)[C@@H](O)C3C)CCNC(=S)NC(COCCCS[C@H]3OC(CO)[C@@H](O)[C@H](O)C3O)(COCCCS[C@@H]3OC(CO)[C@@H](O[C@@H]4OC(CO)[C@H](O)[C@H](O)C4O)[C@H](O)C3O)COCCCS[C@@H]3OC(CO)[C@@H](O[C@@H]4OC(CO)[C@H](O)[C@H](O)C4O)[C@H](O)C3O)C(C)[C@H](O)C2O)[C@H](O)C1O. The Morgan fingerprint density at radius 1 is 0.295 bits per heavy atom. The summed E-state index contributed by atoms with van der Waals surface area (Å²) in [7, 11) is 2.44. The van der Waals surface area contributed by atoms with Gasteiger partial charge in [0.15, 0.2) is 53.1 Å². The van der Waals surface area contributed by atoms with Crippen molar-refractivity contribution in [3.8, 4) is 0 Å². The molecule has 9 rings (SSSR count). The predicted molar refractivity (Wildman–Crippen MR) is 489 cm³/mol. The van der Waals surface area contributed by atoms with E-state index in [1.165, 1.54) is 14.2 Å². The number of hydrogen-bond acceptors (Lipinski definition) is 53. The maximum absolute atomic E-state index is 11.4. The lowest BCUT2D eigenvalue weighted by Gasteiger charge is -2.46. The molecular formula is C80H145N7O46S6. The zero-order valence-electron chi connectivity index (χ0n) is 76.8. The number of thiocarbonyl (C=S) groups is 3. The van der Waals surface area contributed by atoms with Crippen LogP contribution >= 0.6 is 71.9 Å². The first-order valence-electron chi connectivity index (χ1n) is 45.8. The molecule has 0 bridgehead atoms. The molecule has 812 valence electrons. The third-order valence-electron chi connectivity index (χ3n) is 25.3. The van der Waals surface area contributed by atoms with E-state index in [0.717, 1.165) is 35.3 Å². The monoisotopic (exact) mass is 2130 g/mol. The molecule has 0 aromatic rings. The molecule has 0 amide bonds. The molecule has 53 nitrogen and oxygen atoms in total. The van der Waals surface area contributed by atoms with Crippen molar-refractivity contribution in [2.45, 2.75) is 300 Å². The van der Waals surface area contributed by atoms with Gasteiger partial charge in [0, 0.05) is 98.2 Å². The Morgan fingerprint density at radius 3 is 0.863 bits per heavy atom. The molecule has 9 saturated heterocycles. The number of aliphatic hydroxyl groups excluding tert-OH is 28. The van der Waals surface area contributed by atoms with Crippen LogP contribution in [0.4, 0.5) is 0 Å². The second kappa shape index (κ2) is 59.2. The lowest BCUT2D eigenvalue weighted by Crippen LogP contribution is -2.64. The van der Waals surface area contributed by atoms with Crippen molar-refractivity contribution in [1.82, 2.24) is 36.8 Å². The van der Waals surface area contributed by atoms with E-state index >= 15 is 0 Å². The molecule has 9 aliphatic rings. The molecule has 0 aromatic carbocycles. The van der Waals surface area contributed by atoms with Gasteiger partial charge in [0.1, 0.15) is 205 Å². The molecule has 9 fully saturated rings. The van der Waals surface area contributed by atoms with Crippen LogP contribution < -0.4 is 31.9 Å². The number of nitrogens with zero attached hydrogens (tertiary/aromatic N) is 1. The van der Waals surface area contributed by atoms with Gasteiger partial charge in [-0.25, -0.2) is 0 Å². The van der Waals surface area contributed by atoms with E-state index in [4.69, 9.17) is 122 Å². The molecule has 139 heavy (non-hydrogen) atoms. The van der Waals surface area contributed by atoms with Gasteiger partial charge in [-0.1, -0.05) is 13.8 Å². The van der Waals surface area contributed by atoms with Crippen LogP contribution in [0.1, 0.15) is 33.1 Å². The average Bonchev–Trinajstić information content (AvgIpc) is 0.771. The number of ether oxygens (including phenoxy) is 18. The molecule has 0 saturated carbocycles. The first-order chi connectivity index (χ1) is 66.3. The van der Waals surface area contributed by atoms with Crippen molar-refractivity contribution in [3.05, 3.63) is 0 Å². The minimum absolute atomic E-state index is 0.00931. The normalized spacial score (nSPS) is 42.2. The number of methoxy groups -OCH3 is 2. The highest BCUT2D eigenvalue weighted by Gasteiger charge is 2.57. The van der Waals surface area contributed by atoms with E-state index in [1.807, 2.05) is 4.90 Å². The Kier molecular flexibility index (Phi) is 51.4. The highest BCUT2D eigenvalue weighted by atomic mass is 32.2. The van der Waals surface area contributed by atoms with Crippen LogP contribution in [0.5, 0.6) is 0 Å². The fourth-order valence-corrected chi connectivity index (χ4v) is 20.8. The molecule has 0 spiro atoms. The van der Waals surface area contributed by atoms with Gasteiger partial charge in [-0.3, -0.25) is 4.90 Å². The van der Waals surface area contributed by atoms with Crippen LogP contribution in [0.15, 0.2) is 0 Å². The van der Waals surface area contributed by atoms with E-state index < -0.39 is 325 Å². The van der Waals surface area contributed by atoms with Crippen molar-refractivity contribution < 1.29 is 228 Å². The van der Waals surface area contributed by atoms with Crippen molar-refractivity contribution in [1.29, 1.82) is 0 Å². The lowest BCUT2D eigenvalue weighted by molar-refractivity contribution is -0.351. The number of aliphatic hydroxyl groups is 28. The van der Waals surface area contributed by atoms with Gasteiger partial charge in [-0.05, 0) is 73.2 Å². The van der Waals surface area contributed by atoms with Crippen LogP contribution in [-0.2, 0) is 85.3 Å². The fourth-order valence-electron chi connectivity index (χ4n) is 16.8. The number of nitrogens with one attached hydrogen (secondary N) is 6. The Labute approximate surface area is 829 Å². The Bertz CT molecular complexity index is 3340. The second-order valence-electron chi connectivity index (χ2n) is 35.2. The maximum atomic E-state index is 11.4. The first kappa shape index (κ1) is 121. The van der Waals surface area contributed by atoms with Crippen LogP contribution in [0.25, 0.3) is 0 Å². The van der Waals surface area contributed by atoms with Crippen LogP contribution in [0.3, 0.4) is 0 Å². The molecule has 9 heterocycles. The summed E-state index contributed by atoms with van der Waals surface area (Å²) in [4.78, 5) is 1.97. The molecule has 34 N–H and O–H groups in total. The first-order valence-corrected chi connectivity index (χ1v) is 50.2. The summed E-state index contributed by atoms with van der Waals surface area (Å²) in [5.74, 6) is -0.918. The minimum Gasteiger partial charge on any atom is -0.394 e. The maximum Gasteiger partial charge on any atom is 0.187 e. The molecule has 0 aliphatic carbocycles. The summed E-state index contributed by atoms with van der Waals surface area (Å²) in [5.41, 5.74) is -4.92. The van der Waals surface area contributed by atoms with Gasteiger partial charge >= 0.3 is 0 Å². The van der Waals surface area contributed by atoms with E-state index in [2.05, 4.69) is 31.9 Å². The summed E-state index contributed by atoms with van der Waals surface area (Å²) >= 11 is 20.7. The summed E-state index contributed by atoms with van der Waals surface area (Å²) < 4.78 is 105. The molecular weight excluding hydrogens is 1990 g/mol. The Hall–Kier alpha value is -1.76. The van der Waals surface area contributed by atoms with E-state index in [9.17, 15) is 143 Å². The molecule has 22 unspecified atom stereocenters. The molecule has 0 radical (unpaired) electrons. The average molecular weight is 2130 g/mol. The van der Waals surface area contributed by atoms with Gasteiger partial charge in [-0.2, -0.15) is 0 Å². The Morgan fingerprint density at radius 2 is 0.547 bits per heavy atom. The minimum atomic E-state index is -1.90. The summed E-state index contributed by atoms with van der Waals surface area (Å²) in [6.07, 6.45) is -61.4. The van der Waals surface area contributed by atoms with Gasteiger partial charge < -0.3 is 260 Å². The van der Waals surface area contributed by atoms with Gasteiger partial charge in [0.2, 0.25) is 0 Å². The van der Waals surface area contributed by atoms with Crippen LogP contribution in [0.2, 0.25) is 0 Å². The quantitative estimate of drug-likeness (QED) is 0.0199. The summed E-state index contributed by atoms with van der Waals surface area (Å²) in [6, 6.07) is 0. The lowest BCUT2D eigenvalue weighted by atomic mass is 9.90. The highest BCUT2D eigenvalue weighted by Crippen LogP contribution is 2.39. The van der Waals surface area contributed by atoms with Crippen molar-refractivity contribution in [3.63, 3.8) is 0 Å². The van der Waals surface area contributed by atoms with Gasteiger partial charge in [0.05, 0.1) is 90.5 Å². The van der Waals surface area contributed by atoms with Crippen molar-refractivity contribution in [2.24, 2.45) is 11.8 Å².